The Morgan fingerprint density at radius 1 is 0.725 bits per heavy atom. The van der Waals surface area contributed by atoms with Crippen LogP contribution in [0.15, 0.2) is 114 Å². The summed E-state index contributed by atoms with van der Waals surface area (Å²) in [6.45, 7) is 4.35. The highest BCUT2D eigenvalue weighted by molar-refractivity contribution is 6.49. The first-order chi connectivity index (χ1) is 19.4. The molecule has 7 rings (SSSR count). The van der Waals surface area contributed by atoms with Crippen LogP contribution in [0.2, 0.25) is 0 Å². The van der Waals surface area contributed by atoms with Gasteiger partial charge in [-0.3, -0.25) is 14.6 Å². The molecule has 40 heavy (non-hydrogen) atoms. The second-order valence-corrected chi connectivity index (χ2v) is 10.8. The zero-order valence-electron chi connectivity index (χ0n) is 22.1. The van der Waals surface area contributed by atoms with E-state index >= 15 is 0 Å². The Kier molecular flexibility index (Phi) is 5.26. The van der Waals surface area contributed by atoms with Crippen molar-refractivity contribution in [2.75, 3.05) is 5.32 Å². The van der Waals surface area contributed by atoms with E-state index in [1.54, 1.807) is 36.4 Å². The molecule has 1 spiro atoms. The lowest BCUT2D eigenvalue weighted by molar-refractivity contribution is 0.0817. The van der Waals surface area contributed by atoms with Gasteiger partial charge in [0.15, 0.2) is 0 Å². The monoisotopic (exact) mass is 522 g/mol. The molecule has 0 aliphatic carbocycles. The summed E-state index contributed by atoms with van der Waals surface area (Å²) in [4.78, 5) is 30.2. The van der Waals surface area contributed by atoms with Crippen molar-refractivity contribution in [2.24, 2.45) is 4.99 Å². The Labute approximate surface area is 232 Å². The average Bonchev–Trinajstić information content (AvgIpc) is 3.21. The van der Waals surface area contributed by atoms with Gasteiger partial charge in [-0.25, -0.2) is 0 Å². The van der Waals surface area contributed by atoms with Crippen molar-refractivity contribution in [1.29, 1.82) is 0 Å². The molecule has 0 amide bonds. The summed E-state index contributed by atoms with van der Waals surface area (Å²) in [6.07, 6.45) is 1.90. The Balaban J connectivity index is 1.17. The van der Waals surface area contributed by atoms with E-state index in [0.29, 0.717) is 11.1 Å². The predicted molar refractivity (Wildman–Crippen MR) is 159 cm³/mol. The molecular weight excluding hydrogens is 496 g/mol. The zero-order chi connectivity index (χ0) is 27.5. The van der Waals surface area contributed by atoms with Gasteiger partial charge in [0.1, 0.15) is 11.4 Å². The molecule has 1 N–H and O–H groups in total. The van der Waals surface area contributed by atoms with Gasteiger partial charge in [0, 0.05) is 22.2 Å². The summed E-state index contributed by atoms with van der Waals surface area (Å²) in [5.74, 6) is -0.280. The van der Waals surface area contributed by atoms with Crippen molar-refractivity contribution in [3.8, 4) is 16.9 Å². The highest BCUT2D eigenvalue weighted by Crippen LogP contribution is 2.51. The van der Waals surface area contributed by atoms with Crippen molar-refractivity contribution in [1.82, 2.24) is 0 Å². The summed E-state index contributed by atoms with van der Waals surface area (Å²) in [5, 5.41) is 5.61. The third kappa shape index (κ3) is 3.58. The Morgan fingerprint density at radius 3 is 2.15 bits per heavy atom. The number of anilines is 1. The van der Waals surface area contributed by atoms with E-state index in [-0.39, 0.29) is 5.41 Å². The Hall–Kier alpha value is -5.03. The second kappa shape index (κ2) is 8.75. The van der Waals surface area contributed by atoms with Gasteiger partial charge in [-0.15, -0.1) is 0 Å². The largest absolute Gasteiger partial charge is 0.460 e. The fourth-order valence-electron chi connectivity index (χ4n) is 5.75. The minimum absolute atomic E-state index is 0.317. The first kappa shape index (κ1) is 24.0. The maximum Gasteiger partial charge on any atom is 0.233 e. The van der Waals surface area contributed by atoms with Crippen LogP contribution in [0.1, 0.15) is 40.1 Å². The van der Waals surface area contributed by atoms with Gasteiger partial charge in [0.05, 0.1) is 11.6 Å². The zero-order valence-corrected chi connectivity index (χ0v) is 22.1. The molecule has 0 radical (unpaired) electrons. The lowest BCUT2D eigenvalue weighted by atomic mass is 9.78. The number of nitrogens with zero attached hydrogens (tertiary/aromatic N) is 1. The number of aliphatic imine (C=N–C) groups is 1. The van der Waals surface area contributed by atoms with E-state index in [1.165, 1.54) is 5.56 Å². The molecular formula is C35H26N2O3. The van der Waals surface area contributed by atoms with Crippen LogP contribution in [-0.4, -0.2) is 23.5 Å². The van der Waals surface area contributed by atoms with Gasteiger partial charge in [0.25, 0.3) is 0 Å². The van der Waals surface area contributed by atoms with Gasteiger partial charge >= 0.3 is 0 Å². The van der Waals surface area contributed by atoms with Crippen LogP contribution in [0.3, 0.4) is 0 Å². The van der Waals surface area contributed by atoms with E-state index in [2.05, 4.69) is 55.6 Å². The first-order valence-corrected chi connectivity index (χ1v) is 13.3. The first-order valence-electron chi connectivity index (χ1n) is 13.3. The van der Waals surface area contributed by atoms with Gasteiger partial charge in [-0.1, -0.05) is 91.0 Å². The third-order valence-corrected chi connectivity index (χ3v) is 8.17. The van der Waals surface area contributed by atoms with Crippen molar-refractivity contribution < 1.29 is 14.3 Å². The van der Waals surface area contributed by atoms with Crippen LogP contribution in [0.4, 0.5) is 11.4 Å². The smallest absolute Gasteiger partial charge is 0.233 e. The van der Waals surface area contributed by atoms with Crippen molar-refractivity contribution in [2.45, 2.75) is 25.0 Å². The van der Waals surface area contributed by atoms with Crippen molar-refractivity contribution in [3.63, 3.8) is 0 Å². The molecule has 0 saturated heterocycles. The number of hydrogen-bond acceptors (Lipinski definition) is 5. The molecule has 194 valence electrons. The van der Waals surface area contributed by atoms with Crippen LogP contribution in [0.5, 0.6) is 5.75 Å². The quantitative estimate of drug-likeness (QED) is 0.193. The maximum absolute atomic E-state index is 12.7. The number of carbonyl (C=O) groups excluding carboxylic acids is 2. The number of carbonyl (C=O) groups is 2. The summed E-state index contributed by atoms with van der Waals surface area (Å²) >= 11 is 0. The van der Waals surface area contributed by atoms with Crippen LogP contribution < -0.4 is 10.1 Å². The van der Waals surface area contributed by atoms with Crippen LogP contribution in [0, 0.1) is 0 Å². The molecule has 2 aliphatic heterocycles. The number of Topliss-reactive ketones (excluding diaryl/α,β-unsaturated/α-hetero) is 2. The fraction of sp³-hybridized carbons (Fsp3) is 0.114. The molecule has 1 atom stereocenters. The number of benzene rings is 5. The summed E-state index contributed by atoms with van der Waals surface area (Å²) in [6, 6.07) is 34.3. The topological polar surface area (TPSA) is 67.8 Å². The number of rotatable bonds is 4. The number of ether oxygens (including phenoxy) is 1. The van der Waals surface area contributed by atoms with E-state index < -0.39 is 17.3 Å². The summed E-state index contributed by atoms with van der Waals surface area (Å²) in [5.41, 5.74) is 4.72. The van der Waals surface area contributed by atoms with E-state index in [9.17, 15) is 9.59 Å². The minimum Gasteiger partial charge on any atom is -0.460 e. The van der Waals surface area contributed by atoms with Crippen LogP contribution in [-0.2, 0) is 5.41 Å². The number of para-hydroxylation sites is 1. The normalized spacial score (nSPS) is 18.1. The molecule has 0 saturated carbocycles. The van der Waals surface area contributed by atoms with Crippen molar-refractivity contribution >= 4 is 39.9 Å². The van der Waals surface area contributed by atoms with E-state index in [0.717, 1.165) is 39.0 Å². The van der Waals surface area contributed by atoms with E-state index in [4.69, 9.17) is 9.73 Å². The molecule has 0 fully saturated rings. The number of nitrogens with one attached hydrogen (secondary N) is 1. The predicted octanol–water partition coefficient (Wildman–Crippen LogP) is 7.77. The molecule has 0 bridgehead atoms. The number of ketones is 2. The lowest BCUT2D eigenvalue weighted by Gasteiger charge is -2.40. The number of hydrogen-bond donors (Lipinski definition) is 1. The van der Waals surface area contributed by atoms with Gasteiger partial charge in [0.2, 0.25) is 17.3 Å². The maximum atomic E-state index is 12.7. The van der Waals surface area contributed by atoms with Crippen molar-refractivity contribution in [3.05, 3.63) is 126 Å². The minimum atomic E-state index is -0.765. The highest BCUT2D eigenvalue weighted by atomic mass is 16.5. The molecule has 5 aromatic carbocycles. The van der Waals surface area contributed by atoms with Crippen LogP contribution >= 0.6 is 0 Å². The molecule has 5 aromatic rings. The van der Waals surface area contributed by atoms with Gasteiger partial charge in [-0.2, -0.15) is 0 Å². The molecule has 2 heterocycles. The molecule has 5 heteroatoms. The summed E-state index contributed by atoms with van der Waals surface area (Å²) in [7, 11) is 0. The average molecular weight is 523 g/mol. The highest BCUT2D eigenvalue weighted by Gasteiger charge is 2.55. The molecule has 1 unspecified atom stereocenters. The molecule has 5 nitrogen and oxygen atoms in total. The second-order valence-electron chi connectivity index (χ2n) is 10.8. The summed E-state index contributed by atoms with van der Waals surface area (Å²) < 4.78 is 6.67. The number of fused-ring (bicyclic) bond motifs is 4. The standard InChI is InChI=1S/C35H26N2O3/c1-34(2)28-10-6-7-11-29(28)37-35(34)21-36-31-27-18-16-25(20-26(27)17-19-30(31)40-35)22-12-14-24(15-13-22)33(39)32(38)23-8-4-3-5-9-23/h3-21,37H,1-2H3. The van der Waals surface area contributed by atoms with E-state index in [1.807, 2.05) is 42.6 Å². The Morgan fingerprint density at radius 2 is 1.40 bits per heavy atom. The van der Waals surface area contributed by atoms with Gasteiger partial charge in [-0.05, 0) is 54.1 Å². The third-order valence-electron chi connectivity index (χ3n) is 8.17. The van der Waals surface area contributed by atoms with Gasteiger partial charge < -0.3 is 10.1 Å². The molecule has 0 aromatic heterocycles. The Bertz CT molecular complexity index is 1860. The molecule has 2 aliphatic rings. The lowest BCUT2D eigenvalue weighted by Crippen LogP contribution is -2.56. The van der Waals surface area contributed by atoms with Crippen LogP contribution in [0.25, 0.3) is 21.9 Å². The fourth-order valence-corrected chi connectivity index (χ4v) is 5.75. The SMILES string of the molecule is CC1(C)c2ccccc2NC12C=Nc1c(ccc3cc(-c4ccc(C(=O)C(=O)c5ccccc5)cc4)ccc13)O2.